The van der Waals surface area contributed by atoms with Gasteiger partial charge in [-0.2, -0.15) is 0 Å². The van der Waals surface area contributed by atoms with Crippen molar-refractivity contribution < 1.29 is 9.47 Å². The molecule has 3 heteroatoms. The van der Waals surface area contributed by atoms with Gasteiger partial charge in [0.05, 0.1) is 6.61 Å². The second-order valence-corrected chi connectivity index (χ2v) is 5.51. The molecule has 2 aromatic carbocycles. The van der Waals surface area contributed by atoms with Gasteiger partial charge in [-0.3, -0.25) is 0 Å². The van der Waals surface area contributed by atoms with Crippen molar-refractivity contribution in [2.24, 2.45) is 0 Å². The Kier molecular flexibility index (Phi) is 7.64. The SMILES string of the molecule is CCOCCOc1ccccc1CNCCc1ccccc1C. The molecule has 0 atom stereocenters. The highest BCUT2D eigenvalue weighted by Gasteiger charge is 2.03. The van der Waals surface area contributed by atoms with Gasteiger partial charge < -0.3 is 14.8 Å². The smallest absolute Gasteiger partial charge is 0.123 e. The highest BCUT2D eigenvalue weighted by atomic mass is 16.5. The molecule has 0 saturated heterocycles. The van der Waals surface area contributed by atoms with E-state index < -0.39 is 0 Å². The third-order valence-corrected chi connectivity index (χ3v) is 3.81. The van der Waals surface area contributed by atoms with Crippen molar-refractivity contribution in [3.05, 3.63) is 65.2 Å². The number of rotatable bonds is 10. The number of aryl methyl sites for hydroxylation is 1. The minimum atomic E-state index is 0.591. The Morgan fingerprint density at radius 1 is 0.913 bits per heavy atom. The molecule has 2 rings (SSSR count). The molecule has 0 amide bonds. The Bertz CT molecular complexity index is 583. The van der Waals surface area contributed by atoms with Gasteiger partial charge in [0.25, 0.3) is 0 Å². The lowest BCUT2D eigenvalue weighted by molar-refractivity contribution is 0.110. The zero-order valence-corrected chi connectivity index (χ0v) is 14.2. The zero-order valence-electron chi connectivity index (χ0n) is 14.2. The largest absolute Gasteiger partial charge is 0.491 e. The normalized spacial score (nSPS) is 10.7. The number of nitrogens with one attached hydrogen (secondary N) is 1. The molecule has 0 radical (unpaired) electrons. The quantitative estimate of drug-likeness (QED) is 0.678. The van der Waals surface area contributed by atoms with E-state index in [-0.39, 0.29) is 0 Å². The van der Waals surface area contributed by atoms with Crippen LogP contribution in [0.3, 0.4) is 0 Å². The lowest BCUT2D eigenvalue weighted by atomic mass is 10.1. The standard InChI is InChI=1S/C20H27NO2/c1-3-22-14-15-23-20-11-7-6-10-19(20)16-21-13-12-18-9-5-4-8-17(18)2/h4-11,21H,3,12-16H2,1-2H3. The Balaban J connectivity index is 1.78. The lowest BCUT2D eigenvalue weighted by Gasteiger charge is -2.12. The van der Waals surface area contributed by atoms with Gasteiger partial charge in [0.15, 0.2) is 0 Å². The summed E-state index contributed by atoms with van der Waals surface area (Å²) in [5, 5.41) is 3.51. The maximum Gasteiger partial charge on any atom is 0.123 e. The van der Waals surface area contributed by atoms with Gasteiger partial charge in [-0.15, -0.1) is 0 Å². The molecule has 0 aliphatic carbocycles. The summed E-state index contributed by atoms with van der Waals surface area (Å²) < 4.78 is 11.1. The number of ether oxygens (including phenoxy) is 2. The predicted octanol–water partition coefficient (Wildman–Crippen LogP) is 3.74. The van der Waals surface area contributed by atoms with Crippen molar-refractivity contribution in [1.29, 1.82) is 0 Å². The number of hydrogen-bond acceptors (Lipinski definition) is 3. The molecule has 0 saturated carbocycles. The highest BCUT2D eigenvalue weighted by Crippen LogP contribution is 2.17. The van der Waals surface area contributed by atoms with Gasteiger partial charge >= 0.3 is 0 Å². The van der Waals surface area contributed by atoms with E-state index in [2.05, 4.69) is 42.6 Å². The molecule has 0 aromatic heterocycles. The van der Waals surface area contributed by atoms with E-state index in [9.17, 15) is 0 Å². The number of hydrogen-bond donors (Lipinski definition) is 1. The summed E-state index contributed by atoms with van der Waals surface area (Å²) in [5.41, 5.74) is 3.95. The van der Waals surface area contributed by atoms with E-state index in [1.54, 1.807) is 0 Å². The van der Waals surface area contributed by atoms with Crippen LogP contribution < -0.4 is 10.1 Å². The molecule has 0 bridgehead atoms. The fourth-order valence-electron chi connectivity index (χ4n) is 2.48. The number of para-hydroxylation sites is 1. The lowest BCUT2D eigenvalue weighted by Crippen LogP contribution is -2.18. The van der Waals surface area contributed by atoms with Crippen LogP contribution >= 0.6 is 0 Å². The highest BCUT2D eigenvalue weighted by molar-refractivity contribution is 5.33. The van der Waals surface area contributed by atoms with Crippen LogP contribution in [-0.2, 0) is 17.7 Å². The maximum absolute atomic E-state index is 5.81. The summed E-state index contributed by atoms with van der Waals surface area (Å²) in [4.78, 5) is 0. The Hall–Kier alpha value is -1.84. The van der Waals surface area contributed by atoms with Crippen LogP contribution in [0.1, 0.15) is 23.6 Å². The second-order valence-electron chi connectivity index (χ2n) is 5.51. The van der Waals surface area contributed by atoms with Crippen LogP contribution in [0.2, 0.25) is 0 Å². The Morgan fingerprint density at radius 2 is 1.65 bits per heavy atom. The summed E-state index contributed by atoms with van der Waals surface area (Å²) in [6.45, 7) is 7.88. The van der Waals surface area contributed by atoms with Crippen LogP contribution in [0.4, 0.5) is 0 Å². The van der Waals surface area contributed by atoms with Gasteiger partial charge in [0.1, 0.15) is 12.4 Å². The predicted molar refractivity (Wildman–Crippen MR) is 95.0 cm³/mol. The van der Waals surface area contributed by atoms with E-state index in [4.69, 9.17) is 9.47 Å². The second kappa shape index (κ2) is 10.0. The molecule has 0 aliphatic rings. The first kappa shape index (κ1) is 17.5. The summed E-state index contributed by atoms with van der Waals surface area (Å²) in [6, 6.07) is 16.7. The van der Waals surface area contributed by atoms with Gasteiger partial charge in [-0.1, -0.05) is 42.5 Å². The van der Waals surface area contributed by atoms with Crippen molar-refractivity contribution >= 4 is 0 Å². The van der Waals surface area contributed by atoms with Crippen molar-refractivity contribution in [2.45, 2.75) is 26.8 Å². The van der Waals surface area contributed by atoms with E-state index in [1.807, 2.05) is 25.1 Å². The Morgan fingerprint density at radius 3 is 2.43 bits per heavy atom. The fourth-order valence-corrected chi connectivity index (χ4v) is 2.48. The molecule has 124 valence electrons. The molecule has 3 nitrogen and oxygen atoms in total. The van der Waals surface area contributed by atoms with Gasteiger partial charge in [0, 0.05) is 18.7 Å². The molecule has 0 unspecified atom stereocenters. The summed E-state index contributed by atoms with van der Waals surface area (Å²) in [7, 11) is 0. The molecule has 0 aliphatic heterocycles. The summed E-state index contributed by atoms with van der Waals surface area (Å²) in [6.07, 6.45) is 1.04. The molecule has 0 fully saturated rings. The van der Waals surface area contributed by atoms with Crippen molar-refractivity contribution in [3.63, 3.8) is 0 Å². The number of benzene rings is 2. The molecular weight excluding hydrogens is 286 g/mol. The average Bonchev–Trinajstić information content (AvgIpc) is 2.58. The van der Waals surface area contributed by atoms with Crippen LogP contribution in [-0.4, -0.2) is 26.4 Å². The molecule has 23 heavy (non-hydrogen) atoms. The topological polar surface area (TPSA) is 30.5 Å². The minimum Gasteiger partial charge on any atom is -0.491 e. The molecular formula is C20H27NO2. The molecule has 1 N–H and O–H groups in total. The summed E-state index contributed by atoms with van der Waals surface area (Å²) >= 11 is 0. The van der Waals surface area contributed by atoms with Gasteiger partial charge in [-0.25, -0.2) is 0 Å². The fraction of sp³-hybridized carbons (Fsp3) is 0.400. The van der Waals surface area contributed by atoms with Gasteiger partial charge in [-0.05, 0) is 44.0 Å². The molecule has 0 heterocycles. The third-order valence-electron chi connectivity index (χ3n) is 3.81. The van der Waals surface area contributed by atoms with Crippen LogP contribution in [0.15, 0.2) is 48.5 Å². The third kappa shape index (κ3) is 6.05. The van der Waals surface area contributed by atoms with E-state index in [0.717, 1.165) is 31.9 Å². The van der Waals surface area contributed by atoms with E-state index in [1.165, 1.54) is 16.7 Å². The first-order chi connectivity index (χ1) is 11.3. The monoisotopic (exact) mass is 313 g/mol. The summed E-state index contributed by atoms with van der Waals surface area (Å²) in [5.74, 6) is 0.940. The van der Waals surface area contributed by atoms with Crippen molar-refractivity contribution in [3.8, 4) is 5.75 Å². The Labute approximate surface area is 139 Å². The minimum absolute atomic E-state index is 0.591. The van der Waals surface area contributed by atoms with Crippen LogP contribution in [0.25, 0.3) is 0 Å². The maximum atomic E-state index is 5.81. The van der Waals surface area contributed by atoms with Crippen molar-refractivity contribution in [1.82, 2.24) is 5.32 Å². The van der Waals surface area contributed by atoms with Gasteiger partial charge in [0.2, 0.25) is 0 Å². The molecule has 0 spiro atoms. The van der Waals surface area contributed by atoms with Crippen LogP contribution in [0, 0.1) is 6.92 Å². The molecule has 2 aromatic rings. The zero-order chi connectivity index (χ0) is 16.3. The van der Waals surface area contributed by atoms with E-state index in [0.29, 0.717) is 13.2 Å². The van der Waals surface area contributed by atoms with Crippen molar-refractivity contribution in [2.75, 3.05) is 26.4 Å². The average molecular weight is 313 g/mol. The first-order valence-corrected chi connectivity index (χ1v) is 8.35. The first-order valence-electron chi connectivity index (χ1n) is 8.35. The van der Waals surface area contributed by atoms with Crippen LogP contribution in [0.5, 0.6) is 5.75 Å². The van der Waals surface area contributed by atoms with E-state index >= 15 is 0 Å².